The van der Waals surface area contributed by atoms with E-state index in [0.29, 0.717) is 19.2 Å². The molecule has 2 amide bonds. The number of aliphatic hydroxyl groups is 1. The van der Waals surface area contributed by atoms with Crippen molar-refractivity contribution in [1.82, 2.24) is 15.1 Å². The molecule has 0 bridgehead atoms. The van der Waals surface area contributed by atoms with E-state index in [9.17, 15) is 22.8 Å². The van der Waals surface area contributed by atoms with Gasteiger partial charge in [0.1, 0.15) is 11.4 Å². The largest absolute Gasteiger partial charge is 0.433 e. The van der Waals surface area contributed by atoms with Gasteiger partial charge >= 0.3 is 6.18 Å². The SMILES string of the molecule is C/C=C/C=C(\N)CCCCN1CCC2C1CCN2C(=O)CNC(=O)C1=CCC=CC(C(F)(F)F)=N1.C=CC=N.CC.CCC.CCCO.CCN. The van der Waals surface area contributed by atoms with Gasteiger partial charge in [-0.15, -0.1) is 0 Å². The maximum absolute atomic E-state index is 13.0. The van der Waals surface area contributed by atoms with Crippen LogP contribution in [0, 0.1) is 5.41 Å². The second kappa shape index (κ2) is 33.6. The molecule has 0 aromatic carbocycles. The molecule has 3 aliphatic rings. The molecule has 2 fully saturated rings. The second-order valence-corrected chi connectivity index (χ2v) is 11.2. The van der Waals surface area contributed by atoms with Crippen molar-refractivity contribution >= 4 is 23.7 Å². The fraction of sp³-hybridized carbons (Fsp3) is 0.632. The first-order valence-corrected chi connectivity index (χ1v) is 18.2. The maximum atomic E-state index is 13.0. The normalized spacial score (nSPS) is 17.8. The van der Waals surface area contributed by atoms with Gasteiger partial charge in [-0.25, -0.2) is 4.99 Å². The summed E-state index contributed by atoms with van der Waals surface area (Å²) in [6.07, 6.45) is 14.1. The van der Waals surface area contributed by atoms with Gasteiger partial charge in [-0.1, -0.05) is 78.8 Å². The zero-order chi connectivity index (χ0) is 39.7. The lowest BCUT2D eigenvalue weighted by atomic mass is 10.1. The Balaban J connectivity index is -0.00000122. The highest BCUT2D eigenvalue weighted by molar-refractivity contribution is 6.05. The molecule has 3 heterocycles. The molecule has 2 saturated heterocycles. The number of aliphatic imine (C=N–C) groups is 1. The number of allylic oxidation sites excluding steroid dienone is 8. The molecule has 0 aliphatic carbocycles. The van der Waals surface area contributed by atoms with Crippen LogP contribution in [0.3, 0.4) is 0 Å². The average molecular weight is 728 g/mol. The fourth-order valence-corrected chi connectivity index (χ4v) is 4.83. The Morgan fingerprint density at radius 2 is 1.71 bits per heavy atom. The lowest BCUT2D eigenvalue weighted by molar-refractivity contribution is -0.132. The van der Waals surface area contributed by atoms with Crippen molar-refractivity contribution in [3.8, 4) is 0 Å². The average Bonchev–Trinajstić information content (AvgIpc) is 3.62. The lowest BCUT2D eigenvalue weighted by Gasteiger charge is -2.26. The quantitative estimate of drug-likeness (QED) is 0.0891. The highest BCUT2D eigenvalue weighted by Gasteiger charge is 2.43. The number of nitrogens with zero attached hydrogens (tertiary/aromatic N) is 3. The second-order valence-electron chi connectivity index (χ2n) is 11.2. The van der Waals surface area contributed by atoms with Crippen LogP contribution in [0.4, 0.5) is 13.2 Å². The van der Waals surface area contributed by atoms with E-state index in [0.717, 1.165) is 76.1 Å². The van der Waals surface area contributed by atoms with E-state index in [-0.39, 0.29) is 30.6 Å². The summed E-state index contributed by atoms with van der Waals surface area (Å²) in [6, 6.07) is 0.412. The van der Waals surface area contributed by atoms with E-state index in [1.807, 2.05) is 52.8 Å². The number of amides is 2. The Hall–Kier alpha value is -3.55. The number of carbonyl (C=O) groups is 2. The van der Waals surface area contributed by atoms with Gasteiger partial charge in [0.25, 0.3) is 5.91 Å². The summed E-state index contributed by atoms with van der Waals surface area (Å²) in [5.41, 5.74) is 10.2. The van der Waals surface area contributed by atoms with Gasteiger partial charge in [-0.05, 0) is 83.2 Å². The summed E-state index contributed by atoms with van der Waals surface area (Å²) in [7, 11) is 0. The van der Waals surface area contributed by atoms with Gasteiger partial charge in [-0.3, -0.25) is 14.5 Å². The smallest absolute Gasteiger partial charge is 0.402 e. The van der Waals surface area contributed by atoms with Crippen molar-refractivity contribution in [3.63, 3.8) is 0 Å². The van der Waals surface area contributed by atoms with Crippen LogP contribution in [0.5, 0.6) is 0 Å². The van der Waals surface area contributed by atoms with Crippen LogP contribution < -0.4 is 16.8 Å². The number of aliphatic hydroxyl groups excluding tert-OH is 1. The summed E-state index contributed by atoms with van der Waals surface area (Å²) in [5, 5.41) is 16.5. The van der Waals surface area contributed by atoms with Crippen LogP contribution in [0.15, 0.2) is 65.5 Å². The first-order chi connectivity index (χ1) is 24.4. The number of unbranched alkanes of at least 4 members (excludes halogenated alkanes) is 1. The van der Waals surface area contributed by atoms with E-state index < -0.39 is 17.8 Å². The van der Waals surface area contributed by atoms with Crippen molar-refractivity contribution in [2.75, 3.05) is 39.3 Å². The topological polar surface area (TPSA) is 161 Å². The van der Waals surface area contributed by atoms with Gasteiger partial charge in [0, 0.05) is 43.7 Å². The minimum Gasteiger partial charge on any atom is -0.402 e. The molecule has 3 rings (SSSR count). The zero-order valence-electron chi connectivity index (χ0n) is 32.3. The van der Waals surface area contributed by atoms with Gasteiger partial charge in [-0.2, -0.15) is 13.2 Å². The Kier molecular flexibility index (Phi) is 34.1. The number of rotatable bonds is 11. The van der Waals surface area contributed by atoms with Crippen LogP contribution in [-0.2, 0) is 9.59 Å². The molecule has 7 N–H and O–H groups in total. The molecule has 51 heavy (non-hydrogen) atoms. The van der Waals surface area contributed by atoms with Crippen LogP contribution in [-0.4, -0.2) is 96.2 Å². The predicted molar refractivity (Wildman–Crippen MR) is 208 cm³/mol. The number of alkyl halides is 3. The molecule has 0 aromatic heterocycles. The van der Waals surface area contributed by atoms with Crippen molar-refractivity contribution in [2.24, 2.45) is 16.5 Å². The summed E-state index contributed by atoms with van der Waals surface area (Å²) in [6.45, 7) is 20.6. The molecule has 0 spiro atoms. The van der Waals surface area contributed by atoms with E-state index in [1.165, 1.54) is 24.6 Å². The first kappa shape index (κ1) is 51.8. The van der Waals surface area contributed by atoms with Crippen LogP contribution in [0.1, 0.15) is 99.8 Å². The fourth-order valence-electron chi connectivity index (χ4n) is 4.83. The van der Waals surface area contributed by atoms with Gasteiger partial charge < -0.3 is 32.2 Å². The van der Waals surface area contributed by atoms with Crippen molar-refractivity contribution in [3.05, 3.63) is 60.5 Å². The number of likely N-dealkylation sites (tertiary alicyclic amines) is 2. The predicted octanol–water partition coefficient (Wildman–Crippen LogP) is 6.83. The Bertz CT molecular complexity index is 1090. The third kappa shape index (κ3) is 24.3. The van der Waals surface area contributed by atoms with Crippen LogP contribution in [0.2, 0.25) is 0 Å². The minimum absolute atomic E-state index is 0.107. The summed E-state index contributed by atoms with van der Waals surface area (Å²) in [5.74, 6) is -1.00. The molecule has 0 aromatic rings. The standard InChI is InChI=1S/C25H34F3N5O2.C3H5N.C3H8O.C3H8.C2H7N.C2H6/c1-2-3-8-18(29)9-6-7-14-32-15-12-21-20(32)13-16-33(21)23(34)17-30-24(35)19-10-4-5-11-22(31-19)25(26,27)28;2*1-2-3-4;1-3-2;1-2-3;1-2/h2-3,5,8,10-11,20-21H,4,6-7,9,12-17,29H2,1H3,(H,30,35);2-4H,1H2;4H,2-3H2,1H3;3H2,1-2H3;2-3H2,1H3;1-2H3/b3-2+,18-8-;;;;;. The highest BCUT2D eigenvalue weighted by atomic mass is 19.4. The van der Waals surface area contributed by atoms with Gasteiger partial charge in [0.05, 0.1) is 6.54 Å². The molecule has 3 aliphatic heterocycles. The molecular weight excluding hydrogens is 659 g/mol. The summed E-state index contributed by atoms with van der Waals surface area (Å²) >= 11 is 0. The monoisotopic (exact) mass is 728 g/mol. The minimum atomic E-state index is -4.65. The molecular formula is C38H68F3N7O3. The Morgan fingerprint density at radius 1 is 1.14 bits per heavy atom. The van der Waals surface area contributed by atoms with E-state index in [4.69, 9.17) is 22.0 Å². The van der Waals surface area contributed by atoms with E-state index >= 15 is 0 Å². The number of nitrogens with one attached hydrogen (secondary N) is 2. The van der Waals surface area contributed by atoms with Crippen molar-refractivity contribution in [1.29, 1.82) is 5.41 Å². The molecule has 13 heteroatoms. The molecule has 2 atom stereocenters. The number of carbonyl (C=O) groups excluding carboxylic acids is 2. The number of hydrogen-bond acceptors (Lipinski definition) is 8. The van der Waals surface area contributed by atoms with E-state index in [1.54, 1.807) is 4.90 Å². The maximum Gasteiger partial charge on any atom is 0.433 e. The van der Waals surface area contributed by atoms with Crippen molar-refractivity contribution < 1.29 is 27.9 Å². The van der Waals surface area contributed by atoms with E-state index in [2.05, 4.69) is 35.6 Å². The van der Waals surface area contributed by atoms with Gasteiger partial charge in [0.2, 0.25) is 5.91 Å². The van der Waals surface area contributed by atoms with Gasteiger partial charge in [0.15, 0.2) is 0 Å². The highest BCUT2D eigenvalue weighted by Crippen LogP contribution is 2.32. The number of fused-ring (bicyclic) bond motifs is 1. The molecule has 2 unspecified atom stereocenters. The number of halogens is 3. The number of nitrogens with two attached hydrogens (primary N) is 2. The molecule has 10 nitrogen and oxygen atoms in total. The molecule has 294 valence electrons. The number of hydrogen-bond donors (Lipinski definition) is 5. The van der Waals surface area contributed by atoms with Crippen LogP contribution in [0.25, 0.3) is 0 Å². The Labute approximate surface area is 306 Å². The first-order valence-electron chi connectivity index (χ1n) is 18.2. The third-order valence-corrected chi connectivity index (χ3v) is 6.90. The zero-order valence-corrected chi connectivity index (χ0v) is 32.3. The lowest BCUT2D eigenvalue weighted by Crippen LogP contribution is -2.44. The molecule has 0 saturated carbocycles. The Morgan fingerprint density at radius 3 is 2.22 bits per heavy atom. The summed E-state index contributed by atoms with van der Waals surface area (Å²) in [4.78, 5) is 32.9. The van der Waals surface area contributed by atoms with Crippen LogP contribution >= 0.6 is 0 Å². The molecule has 0 radical (unpaired) electrons. The third-order valence-electron chi connectivity index (χ3n) is 6.90. The van der Waals surface area contributed by atoms with Crippen molar-refractivity contribution in [2.45, 2.75) is 118 Å². The summed E-state index contributed by atoms with van der Waals surface area (Å²) < 4.78 is 39.0.